The van der Waals surface area contributed by atoms with Crippen LogP contribution in [0.2, 0.25) is 0 Å². The Bertz CT molecular complexity index is 636. The molecular formula is C18H23N3O. The molecule has 1 amide bonds. The summed E-state index contributed by atoms with van der Waals surface area (Å²) in [5.74, 6) is -0.182. The van der Waals surface area contributed by atoms with Gasteiger partial charge in [0, 0.05) is 17.9 Å². The fraction of sp³-hybridized carbons (Fsp3) is 0.278. The maximum atomic E-state index is 12.3. The SMILES string of the molecule is CCN(CC)Cc1cccc(NC(=O)c2ccccc2N)c1. The first-order valence-electron chi connectivity index (χ1n) is 7.61. The number of benzene rings is 2. The van der Waals surface area contributed by atoms with Gasteiger partial charge in [-0.2, -0.15) is 0 Å². The normalized spacial score (nSPS) is 10.7. The van der Waals surface area contributed by atoms with Gasteiger partial charge in [-0.05, 0) is 42.9 Å². The van der Waals surface area contributed by atoms with E-state index in [4.69, 9.17) is 5.73 Å². The lowest BCUT2D eigenvalue weighted by atomic mass is 10.1. The molecule has 2 aromatic rings. The van der Waals surface area contributed by atoms with Gasteiger partial charge in [-0.1, -0.05) is 38.1 Å². The summed E-state index contributed by atoms with van der Waals surface area (Å²) in [6.07, 6.45) is 0. The number of nitrogens with zero attached hydrogens (tertiary/aromatic N) is 1. The van der Waals surface area contributed by atoms with Crippen molar-refractivity contribution < 1.29 is 4.79 Å². The van der Waals surface area contributed by atoms with Gasteiger partial charge in [-0.25, -0.2) is 0 Å². The van der Waals surface area contributed by atoms with E-state index in [-0.39, 0.29) is 5.91 Å². The first-order chi connectivity index (χ1) is 10.6. The number of nitrogens with one attached hydrogen (secondary N) is 1. The van der Waals surface area contributed by atoms with Crippen molar-refractivity contribution in [3.63, 3.8) is 0 Å². The van der Waals surface area contributed by atoms with Crippen LogP contribution in [0.4, 0.5) is 11.4 Å². The predicted molar refractivity (Wildman–Crippen MR) is 91.9 cm³/mol. The number of hydrogen-bond acceptors (Lipinski definition) is 3. The molecular weight excluding hydrogens is 274 g/mol. The van der Waals surface area contributed by atoms with Gasteiger partial charge in [0.05, 0.1) is 5.56 Å². The van der Waals surface area contributed by atoms with Crippen molar-refractivity contribution in [3.8, 4) is 0 Å². The van der Waals surface area contributed by atoms with E-state index in [0.717, 1.165) is 25.3 Å². The molecule has 4 heteroatoms. The van der Waals surface area contributed by atoms with E-state index in [1.165, 1.54) is 5.56 Å². The van der Waals surface area contributed by atoms with Crippen LogP contribution >= 0.6 is 0 Å². The van der Waals surface area contributed by atoms with Crippen LogP contribution in [0.5, 0.6) is 0 Å². The van der Waals surface area contributed by atoms with Gasteiger partial charge in [0.15, 0.2) is 0 Å². The molecule has 0 aliphatic heterocycles. The quantitative estimate of drug-likeness (QED) is 0.804. The van der Waals surface area contributed by atoms with Crippen LogP contribution in [0.15, 0.2) is 48.5 Å². The second-order valence-electron chi connectivity index (χ2n) is 5.20. The molecule has 3 N–H and O–H groups in total. The van der Waals surface area contributed by atoms with Crippen molar-refractivity contribution in [2.75, 3.05) is 24.1 Å². The Hall–Kier alpha value is -2.33. The number of para-hydroxylation sites is 1. The Balaban J connectivity index is 2.10. The van der Waals surface area contributed by atoms with E-state index in [2.05, 4.69) is 30.1 Å². The second-order valence-corrected chi connectivity index (χ2v) is 5.20. The van der Waals surface area contributed by atoms with Crippen LogP contribution < -0.4 is 11.1 Å². The van der Waals surface area contributed by atoms with Crippen molar-refractivity contribution in [2.24, 2.45) is 0 Å². The molecule has 0 aliphatic rings. The molecule has 0 saturated carbocycles. The first kappa shape index (κ1) is 16.0. The number of carbonyl (C=O) groups excluding carboxylic acids is 1. The van der Waals surface area contributed by atoms with E-state index < -0.39 is 0 Å². The fourth-order valence-corrected chi connectivity index (χ4v) is 2.36. The maximum absolute atomic E-state index is 12.3. The smallest absolute Gasteiger partial charge is 0.257 e. The number of nitrogens with two attached hydrogens (primary N) is 1. The minimum Gasteiger partial charge on any atom is -0.398 e. The third-order valence-electron chi connectivity index (χ3n) is 3.69. The Morgan fingerprint density at radius 3 is 2.50 bits per heavy atom. The monoisotopic (exact) mass is 297 g/mol. The summed E-state index contributed by atoms with van der Waals surface area (Å²) in [5.41, 5.74) is 8.79. The largest absolute Gasteiger partial charge is 0.398 e. The molecule has 0 atom stereocenters. The van der Waals surface area contributed by atoms with Crippen LogP contribution in [0.1, 0.15) is 29.8 Å². The molecule has 22 heavy (non-hydrogen) atoms. The second kappa shape index (κ2) is 7.61. The van der Waals surface area contributed by atoms with Gasteiger partial charge >= 0.3 is 0 Å². The molecule has 0 aromatic heterocycles. The fourth-order valence-electron chi connectivity index (χ4n) is 2.36. The number of nitrogen functional groups attached to an aromatic ring is 1. The van der Waals surface area contributed by atoms with Crippen molar-refractivity contribution >= 4 is 17.3 Å². The van der Waals surface area contributed by atoms with Gasteiger partial charge in [0.2, 0.25) is 0 Å². The van der Waals surface area contributed by atoms with Crippen molar-refractivity contribution in [1.82, 2.24) is 4.90 Å². The van der Waals surface area contributed by atoms with Gasteiger partial charge in [0.1, 0.15) is 0 Å². The molecule has 0 heterocycles. The van der Waals surface area contributed by atoms with Crippen molar-refractivity contribution in [3.05, 3.63) is 59.7 Å². The molecule has 0 radical (unpaired) electrons. The topological polar surface area (TPSA) is 58.4 Å². The molecule has 0 unspecified atom stereocenters. The lowest BCUT2D eigenvalue weighted by Crippen LogP contribution is -2.22. The first-order valence-corrected chi connectivity index (χ1v) is 7.61. The molecule has 0 spiro atoms. The highest BCUT2D eigenvalue weighted by Gasteiger charge is 2.09. The molecule has 2 aromatic carbocycles. The predicted octanol–water partition coefficient (Wildman–Crippen LogP) is 3.36. The van der Waals surface area contributed by atoms with Gasteiger partial charge in [0.25, 0.3) is 5.91 Å². The number of rotatable bonds is 6. The summed E-state index contributed by atoms with van der Waals surface area (Å²) < 4.78 is 0. The zero-order valence-corrected chi connectivity index (χ0v) is 13.2. The number of carbonyl (C=O) groups is 1. The highest BCUT2D eigenvalue weighted by molar-refractivity contribution is 6.07. The zero-order chi connectivity index (χ0) is 15.9. The van der Waals surface area contributed by atoms with Crippen LogP contribution in [0, 0.1) is 0 Å². The van der Waals surface area contributed by atoms with Crippen molar-refractivity contribution in [1.29, 1.82) is 0 Å². The molecule has 2 rings (SSSR count). The lowest BCUT2D eigenvalue weighted by Gasteiger charge is -2.18. The molecule has 0 aliphatic carbocycles. The van der Waals surface area contributed by atoms with E-state index in [1.807, 2.05) is 30.3 Å². The minimum atomic E-state index is -0.182. The Labute approximate surface area is 131 Å². The summed E-state index contributed by atoms with van der Waals surface area (Å²) in [7, 11) is 0. The molecule has 0 saturated heterocycles. The molecule has 4 nitrogen and oxygen atoms in total. The number of amides is 1. The summed E-state index contributed by atoms with van der Waals surface area (Å²) in [6.45, 7) is 7.19. The number of anilines is 2. The highest BCUT2D eigenvalue weighted by atomic mass is 16.1. The summed E-state index contributed by atoms with van der Waals surface area (Å²) >= 11 is 0. The van der Waals surface area contributed by atoms with Crippen LogP contribution in [0.25, 0.3) is 0 Å². The van der Waals surface area contributed by atoms with Gasteiger partial charge < -0.3 is 11.1 Å². The van der Waals surface area contributed by atoms with Crippen LogP contribution in [-0.4, -0.2) is 23.9 Å². The zero-order valence-electron chi connectivity index (χ0n) is 13.2. The Morgan fingerprint density at radius 1 is 1.09 bits per heavy atom. The summed E-state index contributed by atoms with van der Waals surface area (Å²) in [4.78, 5) is 14.6. The van der Waals surface area contributed by atoms with E-state index in [0.29, 0.717) is 11.3 Å². The van der Waals surface area contributed by atoms with Crippen molar-refractivity contribution in [2.45, 2.75) is 20.4 Å². The third kappa shape index (κ3) is 4.09. The number of hydrogen-bond donors (Lipinski definition) is 2. The average Bonchev–Trinajstić information content (AvgIpc) is 2.53. The average molecular weight is 297 g/mol. The lowest BCUT2D eigenvalue weighted by molar-refractivity contribution is 0.102. The van der Waals surface area contributed by atoms with Crippen LogP contribution in [-0.2, 0) is 6.54 Å². The van der Waals surface area contributed by atoms with Gasteiger partial charge in [-0.3, -0.25) is 9.69 Å². The standard InChI is InChI=1S/C18H23N3O/c1-3-21(4-2)13-14-8-7-9-15(12-14)20-18(22)16-10-5-6-11-17(16)19/h5-12H,3-4,13,19H2,1-2H3,(H,20,22). The third-order valence-corrected chi connectivity index (χ3v) is 3.69. The van der Waals surface area contributed by atoms with E-state index in [9.17, 15) is 4.79 Å². The summed E-state index contributed by atoms with van der Waals surface area (Å²) in [6, 6.07) is 15.0. The maximum Gasteiger partial charge on any atom is 0.257 e. The molecule has 0 bridgehead atoms. The molecule has 0 fully saturated rings. The Kier molecular flexibility index (Phi) is 5.55. The molecule has 116 valence electrons. The van der Waals surface area contributed by atoms with Crippen LogP contribution in [0.3, 0.4) is 0 Å². The Morgan fingerprint density at radius 2 is 1.82 bits per heavy atom. The summed E-state index contributed by atoms with van der Waals surface area (Å²) in [5, 5.41) is 2.91. The van der Waals surface area contributed by atoms with Gasteiger partial charge in [-0.15, -0.1) is 0 Å². The van der Waals surface area contributed by atoms with E-state index >= 15 is 0 Å². The van der Waals surface area contributed by atoms with E-state index in [1.54, 1.807) is 12.1 Å². The minimum absolute atomic E-state index is 0.182. The highest BCUT2D eigenvalue weighted by Crippen LogP contribution is 2.16.